The first-order valence-electron chi connectivity index (χ1n) is 18.2. The van der Waals surface area contributed by atoms with Crippen LogP contribution in [0.1, 0.15) is 71.7 Å². The Bertz CT molecular complexity index is 1920. The number of aromatic amines is 1. The molecule has 4 heterocycles. The van der Waals surface area contributed by atoms with E-state index in [-0.39, 0.29) is 47.8 Å². The fourth-order valence-electron chi connectivity index (χ4n) is 7.59. The third kappa shape index (κ3) is 9.09. The lowest BCUT2D eigenvalue weighted by Crippen LogP contribution is -2.53. The summed E-state index contributed by atoms with van der Waals surface area (Å²) in [4.78, 5) is 34.2. The minimum absolute atomic E-state index is 0. The zero-order chi connectivity index (χ0) is 36.9. The zero-order valence-corrected chi connectivity index (χ0v) is 31.5. The summed E-state index contributed by atoms with van der Waals surface area (Å²) in [6.45, 7) is 2.64. The fourth-order valence-corrected chi connectivity index (χ4v) is 8.12. The van der Waals surface area contributed by atoms with Crippen molar-refractivity contribution in [1.82, 2.24) is 4.90 Å². The number of piperidine rings is 3. The van der Waals surface area contributed by atoms with Gasteiger partial charge in [-0.25, -0.2) is 19.0 Å². The molecule has 1 aromatic heterocycles. The number of aromatic nitrogens is 1. The fraction of sp³-hybridized carbons (Fsp3) is 0.390. The first kappa shape index (κ1) is 39.3. The van der Waals surface area contributed by atoms with Crippen molar-refractivity contribution >= 4 is 41.0 Å². The maximum atomic E-state index is 15.2. The van der Waals surface area contributed by atoms with Crippen LogP contribution in [0.3, 0.4) is 0 Å². The van der Waals surface area contributed by atoms with Crippen molar-refractivity contribution in [3.63, 3.8) is 0 Å². The van der Waals surface area contributed by atoms with Gasteiger partial charge in [-0.05, 0) is 105 Å². The molecule has 0 unspecified atom stereocenters. The molecule has 4 aliphatic rings. The van der Waals surface area contributed by atoms with E-state index in [1.165, 1.54) is 11.0 Å². The molecular weight excluding hydrogens is 736 g/mol. The number of fused-ring (bicyclic) bond motifs is 3. The van der Waals surface area contributed by atoms with Gasteiger partial charge in [0.25, 0.3) is 0 Å². The zero-order valence-electron chi connectivity index (χ0n) is 30.0. The summed E-state index contributed by atoms with van der Waals surface area (Å²) in [6.07, 6.45) is 7.85. The molecule has 1 saturated carbocycles. The molecule has 1 aliphatic carbocycles. The topological polar surface area (TPSA) is 122 Å². The van der Waals surface area contributed by atoms with E-state index in [0.717, 1.165) is 51.6 Å². The first-order chi connectivity index (χ1) is 25.7. The van der Waals surface area contributed by atoms with E-state index in [1.807, 2.05) is 12.1 Å². The number of nitrogens with zero attached hydrogens (tertiary/aromatic N) is 2. The number of pyridine rings is 1. The number of nitrogens with one attached hydrogen (secondary N) is 1. The van der Waals surface area contributed by atoms with Gasteiger partial charge in [0.05, 0.1) is 31.0 Å². The molecule has 286 valence electrons. The summed E-state index contributed by atoms with van der Waals surface area (Å²) in [5.41, 5.74) is 2.21. The summed E-state index contributed by atoms with van der Waals surface area (Å²) < 4.78 is 39.5. The Hall–Kier alpha value is -4.42. The predicted octanol–water partition coefficient (Wildman–Crippen LogP) is 8.48. The van der Waals surface area contributed by atoms with Crippen molar-refractivity contribution in [2.75, 3.05) is 31.6 Å². The molecule has 1 amide bonds. The van der Waals surface area contributed by atoms with Gasteiger partial charge in [-0.15, -0.1) is 0 Å². The number of benzene rings is 3. The number of esters is 1. The van der Waals surface area contributed by atoms with Crippen LogP contribution < -0.4 is 19.4 Å². The number of hydrogen-bond donors (Lipinski definition) is 0. The second kappa shape index (κ2) is 17.8. The lowest BCUT2D eigenvalue weighted by Gasteiger charge is -2.44. The van der Waals surface area contributed by atoms with Gasteiger partial charge in [0.15, 0.2) is 23.9 Å². The van der Waals surface area contributed by atoms with Crippen molar-refractivity contribution in [2.24, 2.45) is 5.92 Å². The molecule has 3 aromatic carbocycles. The first-order valence-corrected chi connectivity index (χ1v) is 18.9. The molecule has 2 atom stereocenters. The maximum Gasteiger partial charge on any atom is 0.415 e. The summed E-state index contributed by atoms with van der Waals surface area (Å²) in [6, 6.07) is 18.4. The number of ether oxygens (including phenoxy) is 4. The average Bonchev–Trinajstić information content (AvgIpc) is 3.69. The second-order valence-corrected chi connectivity index (χ2v) is 14.8. The molecule has 54 heavy (non-hydrogen) atoms. The van der Waals surface area contributed by atoms with E-state index >= 15 is 4.39 Å². The van der Waals surface area contributed by atoms with E-state index in [1.54, 1.807) is 68.0 Å². The van der Waals surface area contributed by atoms with Crippen molar-refractivity contribution in [2.45, 2.75) is 69.8 Å². The molecule has 4 fully saturated rings. The van der Waals surface area contributed by atoms with Crippen LogP contribution in [0.15, 0.2) is 79.1 Å². The molecular formula is C41H44Cl2FN3O7. The van der Waals surface area contributed by atoms with Crippen molar-refractivity contribution in [3.05, 3.63) is 117 Å². The Morgan fingerprint density at radius 3 is 2.37 bits per heavy atom. The van der Waals surface area contributed by atoms with Crippen molar-refractivity contribution in [3.8, 4) is 11.5 Å². The lowest BCUT2D eigenvalue weighted by molar-refractivity contribution is -0.377. The van der Waals surface area contributed by atoms with Gasteiger partial charge < -0.3 is 24.4 Å². The molecule has 2 bridgehead atoms. The minimum atomic E-state index is -0.813. The van der Waals surface area contributed by atoms with Gasteiger partial charge in [0.2, 0.25) is 0 Å². The smallest absolute Gasteiger partial charge is 0.415 e. The van der Waals surface area contributed by atoms with Crippen LogP contribution in [0.5, 0.6) is 11.5 Å². The Kier molecular flexibility index (Phi) is 13.0. The molecule has 3 saturated heterocycles. The number of carbonyl (C=O) groups excluding carboxylic acids is 2. The van der Waals surface area contributed by atoms with E-state index in [4.69, 9.17) is 42.1 Å². The highest BCUT2D eigenvalue weighted by Gasteiger charge is 2.38. The Balaban J connectivity index is 0.00000497. The largest absolute Gasteiger partial charge is 0.870 e. The minimum Gasteiger partial charge on any atom is -0.870 e. The number of halogens is 3. The van der Waals surface area contributed by atoms with Crippen LogP contribution >= 0.6 is 23.2 Å². The summed E-state index contributed by atoms with van der Waals surface area (Å²) in [5.74, 6) is 0.274. The van der Waals surface area contributed by atoms with Gasteiger partial charge in [0, 0.05) is 18.5 Å². The Morgan fingerprint density at radius 1 is 0.944 bits per heavy atom. The maximum absolute atomic E-state index is 15.2. The standard InChI is InChI=1S/C41H42Cl2FN3O6.H2O/c1-50-36-14-13-28(20-38(36)51-30-9-2-3-10-30)37(21-31-32(42)22-45-23-33(31)43)52-40(48)29-8-6-7-26(19-29)24-47(35-12-5-4-11-34(35)44)41(49)53-39-25-46-17-15-27(39)16-18-46;/h4-8,11-14,19-20,22-23,27,30,37,39H,2-3,9-10,15-18,21,24-25H2,1H3;1H2/t37-,39+;/m1./s1. The molecule has 0 spiro atoms. The van der Waals surface area contributed by atoms with Gasteiger partial charge in [-0.3, -0.25) is 9.80 Å². The highest BCUT2D eigenvalue weighted by Crippen LogP contribution is 2.38. The van der Waals surface area contributed by atoms with Gasteiger partial charge in [-0.1, -0.05) is 53.5 Å². The van der Waals surface area contributed by atoms with E-state index in [9.17, 15) is 9.59 Å². The molecule has 10 nitrogen and oxygen atoms in total. The third-order valence-electron chi connectivity index (χ3n) is 10.5. The van der Waals surface area contributed by atoms with Gasteiger partial charge in [-0.2, -0.15) is 0 Å². The highest BCUT2D eigenvalue weighted by atomic mass is 35.5. The number of rotatable bonds is 12. The number of carbonyl (C=O) groups is 2. The van der Waals surface area contributed by atoms with E-state index < -0.39 is 24.0 Å². The van der Waals surface area contributed by atoms with Crippen LogP contribution in [-0.4, -0.2) is 61.4 Å². The molecule has 4 aromatic rings. The van der Waals surface area contributed by atoms with Crippen LogP contribution in [0.4, 0.5) is 14.9 Å². The number of H-pyrrole nitrogens is 1. The van der Waals surface area contributed by atoms with Crippen LogP contribution in [0.2, 0.25) is 10.0 Å². The van der Waals surface area contributed by atoms with Crippen LogP contribution in [-0.2, 0) is 22.4 Å². The van der Waals surface area contributed by atoms with Crippen LogP contribution in [0.25, 0.3) is 0 Å². The number of amides is 1. The summed E-state index contributed by atoms with van der Waals surface area (Å²) >= 11 is 13.1. The Morgan fingerprint density at radius 2 is 1.69 bits per heavy atom. The average molecular weight is 781 g/mol. The summed E-state index contributed by atoms with van der Waals surface area (Å²) in [5, 5.41) is 0.796. The number of anilines is 1. The quantitative estimate of drug-likeness (QED) is 0.131. The lowest BCUT2D eigenvalue weighted by atomic mass is 9.86. The highest BCUT2D eigenvalue weighted by molar-refractivity contribution is 6.35. The van der Waals surface area contributed by atoms with Gasteiger partial charge in [0.1, 0.15) is 28.1 Å². The SMILES string of the molecule is COc1ccc([C@@H](Cc2c(Cl)c[nH+]cc2Cl)OC(=O)c2cccc(CN(C(=O)O[C@H]3CN4CCC3CC4)c3ccccc3F)c2)cc1OC1CCCC1.[OH-]. The van der Waals surface area contributed by atoms with Crippen molar-refractivity contribution in [1.29, 1.82) is 0 Å². The monoisotopic (exact) mass is 779 g/mol. The molecule has 3 aliphatic heterocycles. The van der Waals surface area contributed by atoms with Crippen LogP contribution in [0, 0.1) is 11.7 Å². The molecule has 8 rings (SSSR count). The second-order valence-electron chi connectivity index (χ2n) is 14.0. The Labute approximate surface area is 324 Å². The molecule has 13 heteroatoms. The number of hydrogen-bond acceptors (Lipinski definition) is 8. The third-order valence-corrected chi connectivity index (χ3v) is 11.2. The number of methoxy groups -OCH3 is 1. The summed E-state index contributed by atoms with van der Waals surface area (Å²) in [7, 11) is 1.59. The molecule has 0 radical (unpaired) electrons. The van der Waals surface area contributed by atoms with E-state index in [2.05, 4.69) is 9.88 Å². The van der Waals surface area contributed by atoms with Gasteiger partial charge >= 0.3 is 12.1 Å². The van der Waals surface area contributed by atoms with Crippen molar-refractivity contribution < 1.29 is 43.4 Å². The predicted molar refractivity (Wildman–Crippen MR) is 201 cm³/mol. The normalized spacial score (nSPS) is 19.7. The van der Waals surface area contributed by atoms with E-state index in [0.29, 0.717) is 44.8 Å². The molecule has 2 N–H and O–H groups in total. The number of para-hydroxylation sites is 1.